The van der Waals surface area contributed by atoms with E-state index in [1.807, 2.05) is 30.1 Å². The molecule has 1 aromatic rings. The molecule has 16 heavy (non-hydrogen) atoms. The van der Waals surface area contributed by atoms with E-state index >= 15 is 0 Å². The molecule has 0 aliphatic rings. The van der Waals surface area contributed by atoms with Crippen molar-refractivity contribution in [2.24, 2.45) is 5.73 Å². The van der Waals surface area contributed by atoms with E-state index in [9.17, 15) is 5.11 Å². The van der Waals surface area contributed by atoms with Crippen molar-refractivity contribution >= 4 is 17.3 Å². The zero-order chi connectivity index (χ0) is 12.3. The number of nitrogens with zero attached hydrogens (tertiary/aromatic N) is 1. The van der Waals surface area contributed by atoms with Crippen LogP contribution in [0.2, 0.25) is 5.02 Å². The van der Waals surface area contributed by atoms with Crippen molar-refractivity contribution in [1.82, 2.24) is 0 Å². The van der Waals surface area contributed by atoms with Crippen LogP contribution in [0.5, 0.6) is 0 Å². The second-order valence-electron chi connectivity index (χ2n) is 4.65. The minimum atomic E-state index is -0.728. The molecular formula is C12H19ClN2O. The molecule has 0 heterocycles. The Bertz CT molecular complexity index is 361. The monoisotopic (exact) mass is 242 g/mol. The topological polar surface area (TPSA) is 49.5 Å². The van der Waals surface area contributed by atoms with Crippen molar-refractivity contribution in [2.45, 2.75) is 26.0 Å². The predicted molar refractivity (Wildman–Crippen MR) is 68.9 cm³/mol. The number of anilines is 1. The van der Waals surface area contributed by atoms with Gasteiger partial charge in [0.05, 0.1) is 5.60 Å². The number of nitrogens with two attached hydrogens (primary N) is 1. The molecule has 3 nitrogen and oxygen atoms in total. The molecule has 1 aromatic carbocycles. The van der Waals surface area contributed by atoms with Gasteiger partial charge in [-0.1, -0.05) is 17.7 Å². The van der Waals surface area contributed by atoms with E-state index in [2.05, 4.69) is 0 Å². The van der Waals surface area contributed by atoms with Gasteiger partial charge < -0.3 is 15.7 Å². The highest BCUT2D eigenvalue weighted by Gasteiger charge is 2.16. The summed E-state index contributed by atoms with van der Waals surface area (Å²) in [6.45, 7) is 4.54. The zero-order valence-corrected chi connectivity index (χ0v) is 10.8. The molecule has 90 valence electrons. The summed E-state index contributed by atoms with van der Waals surface area (Å²) in [6.07, 6.45) is 0. The van der Waals surface area contributed by atoms with Gasteiger partial charge in [0.15, 0.2) is 0 Å². The third-order valence-electron chi connectivity index (χ3n) is 2.32. The van der Waals surface area contributed by atoms with E-state index < -0.39 is 5.60 Å². The lowest BCUT2D eigenvalue weighted by molar-refractivity contribution is 0.0886. The molecule has 4 heteroatoms. The molecule has 0 bridgehead atoms. The molecule has 1 rings (SSSR count). The predicted octanol–water partition coefficient (Wildman–Crippen LogP) is 2.01. The van der Waals surface area contributed by atoms with Crippen molar-refractivity contribution in [2.75, 3.05) is 18.5 Å². The molecule has 0 aliphatic heterocycles. The second kappa shape index (κ2) is 5.04. The highest BCUT2D eigenvalue weighted by molar-refractivity contribution is 6.31. The van der Waals surface area contributed by atoms with E-state index in [0.29, 0.717) is 18.1 Å². The van der Waals surface area contributed by atoms with E-state index in [1.54, 1.807) is 13.8 Å². The van der Waals surface area contributed by atoms with Crippen LogP contribution in [0.15, 0.2) is 18.2 Å². The molecule has 0 saturated carbocycles. The van der Waals surface area contributed by atoms with Gasteiger partial charge in [0.2, 0.25) is 0 Å². The lowest BCUT2D eigenvalue weighted by Crippen LogP contribution is -2.36. The fraction of sp³-hybridized carbons (Fsp3) is 0.500. The molecular weight excluding hydrogens is 224 g/mol. The first-order valence-electron chi connectivity index (χ1n) is 5.25. The van der Waals surface area contributed by atoms with Crippen LogP contribution in [0.4, 0.5) is 5.69 Å². The molecule has 0 saturated heterocycles. The molecule has 0 aromatic heterocycles. The van der Waals surface area contributed by atoms with Crippen LogP contribution in [0.3, 0.4) is 0 Å². The van der Waals surface area contributed by atoms with Gasteiger partial charge in [-0.2, -0.15) is 0 Å². The number of rotatable bonds is 4. The van der Waals surface area contributed by atoms with Gasteiger partial charge in [0.1, 0.15) is 0 Å². The minimum Gasteiger partial charge on any atom is -0.389 e. The lowest BCUT2D eigenvalue weighted by Gasteiger charge is -2.27. The summed E-state index contributed by atoms with van der Waals surface area (Å²) in [4.78, 5) is 1.96. The Kier molecular flexibility index (Phi) is 4.19. The first kappa shape index (κ1) is 13.3. The van der Waals surface area contributed by atoms with Crippen LogP contribution in [0, 0.1) is 0 Å². The SMILES string of the molecule is CN(CC(C)(C)O)c1ccc(CN)c(Cl)c1. The fourth-order valence-corrected chi connectivity index (χ4v) is 1.86. The normalized spacial score (nSPS) is 11.6. The van der Waals surface area contributed by atoms with Gasteiger partial charge in [0, 0.05) is 30.8 Å². The Labute approximate surface area is 102 Å². The highest BCUT2D eigenvalue weighted by Crippen LogP contribution is 2.23. The third kappa shape index (κ3) is 3.67. The third-order valence-corrected chi connectivity index (χ3v) is 2.67. The number of likely N-dealkylation sites (N-methyl/N-ethyl adjacent to an activating group) is 1. The first-order chi connectivity index (χ1) is 7.33. The number of benzene rings is 1. The second-order valence-corrected chi connectivity index (χ2v) is 5.06. The summed E-state index contributed by atoms with van der Waals surface area (Å²) in [7, 11) is 1.92. The van der Waals surface area contributed by atoms with E-state index in [1.165, 1.54) is 0 Å². The number of aliphatic hydroxyl groups is 1. The Morgan fingerprint density at radius 1 is 1.44 bits per heavy atom. The smallest absolute Gasteiger partial charge is 0.0765 e. The van der Waals surface area contributed by atoms with Crippen LogP contribution >= 0.6 is 11.6 Å². The number of hydrogen-bond donors (Lipinski definition) is 2. The molecule has 0 amide bonds. The maximum Gasteiger partial charge on any atom is 0.0765 e. The highest BCUT2D eigenvalue weighted by atomic mass is 35.5. The van der Waals surface area contributed by atoms with Crippen LogP contribution in [0.1, 0.15) is 19.4 Å². The Balaban J connectivity index is 2.85. The van der Waals surface area contributed by atoms with Gasteiger partial charge >= 0.3 is 0 Å². The van der Waals surface area contributed by atoms with Gasteiger partial charge in [-0.3, -0.25) is 0 Å². The van der Waals surface area contributed by atoms with Crippen molar-refractivity contribution in [3.63, 3.8) is 0 Å². The van der Waals surface area contributed by atoms with Crippen LogP contribution in [-0.4, -0.2) is 24.3 Å². The minimum absolute atomic E-state index is 0.439. The van der Waals surface area contributed by atoms with E-state index in [0.717, 1.165) is 11.3 Å². The molecule has 0 spiro atoms. The summed E-state index contributed by atoms with van der Waals surface area (Å²) in [5, 5.41) is 10.4. The average Bonchev–Trinajstić information content (AvgIpc) is 2.15. The fourth-order valence-electron chi connectivity index (χ4n) is 1.61. The Morgan fingerprint density at radius 2 is 2.06 bits per heavy atom. The lowest BCUT2D eigenvalue weighted by atomic mass is 10.1. The Hall–Kier alpha value is -0.770. The average molecular weight is 243 g/mol. The summed E-state index contributed by atoms with van der Waals surface area (Å²) in [5.74, 6) is 0. The van der Waals surface area contributed by atoms with Crippen molar-refractivity contribution in [3.8, 4) is 0 Å². The van der Waals surface area contributed by atoms with Crippen molar-refractivity contribution in [3.05, 3.63) is 28.8 Å². The van der Waals surface area contributed by atoms with Gasteiger partial charge in [-0.25, -0.2) is 0 Å². The summed E-state index contributed by atoms with van der Waals surface area (Å²) in [6, 6.07) is 5.74. The number of halogens is 1. The summed E-state index contributed by atoms with van der Waals surface area (Å²) in [5.41, 5.74) is 6.72. The molecule has 0 atom stereocenters. The van der Waals surface area contributed by atoms with Crippen molar-refractivity contribution in [1.29, 1.82) is 0 Å². The molecule has 0 fully saturated rings. The maximum atomic E-state index is 9.72. The zero-order valence-electron chi connectivity index (χ0n) is 10.00. The van der Waals surface area contributed by atoms with Crippen LogP contribution in [0.25, 0.3) is 0 Å². The molecule has 3 N–H and O–H groups in total. The van der Waals surface area contributed by atoms with Gasteiger partial charge in [-0.05, 0) is 31.5 Å². The van der Waals surface area contributed by atoms with Crippen LogP contribution in [-0.2, 0) is 6.54 Å². The van der Waals surface area contributed by atoms with Gasteiger partial charge in [0.25, 0.3) is 0 Å². The van der Waals surface area contributed by atoms with E-state index in [-0.39, 0.29) is 0 Å². The maximum absolute atomic E-state index is 9.72. The van der Waals surface area contributed by atoms with Crippen molar-refractivity contribution < 1.29 is 5.11 Å². The summed E-state index contributed by atoms with van der Waals surface area (Å²) >= 11 is 6.08. The first-order valence-corrected chi connectivity index (χ1v) is 5.63. The molecule has 0 aliphatic carbocycles. The molecule has 0 radical (unpaired) electrons. The standard InChI is InChI=1S/C12H19ClN2O/c1-12(2,16)8-15(3)10-5-4-9(7-14)11(13)6-10/h4-6,16H,7-8,14H2,1-3H3. The van der Waals surface area contributed by atoms with Crippen LogP contribution < -0.4 is 10.6 Å². The van der Waals surface area contributed by atoms with Gasteiger partial charge in [-0.15, -0.1) is 0 Å². The largest absolute Gasteiger partial charge is 0.389 e. The Morgan fingerprint density at radius 3 is 2.50 bits per heavy atom. The summed E-state index contributed by atoms with van der Waals surface area (Å²) < 4.78 is 0. The van der Waals surface area contributed by atoms with E-state index in [4.69, 9.17) is 17.3 Å². The number of hydrogen-bond acceptors (Lipinski definition) is 3. The quantitative estimate of drug-likeness (QED) is 0.849. The molecule has 0 unspecified atom stereocenters.